The van der Waals surface area contributed by atoms with Crippen molar-refractivity contribution in [2.45, 2.75) is 112 Å². The summed E-state index contributed by atoms with van der Waals surface area (Å²) in [6.45, 7) is 15.7. The predicted octanol–water partition coefficient (Wildman–Crippen LogP) is 3.65. The van der Waals surface area contributed by atoms with Crippen molar-refractivity contribution < 1.29 is 42.2 Å². The van der Waals surface area contributed by atoms with Crippen molar-refractivity contribution in [3.05, 3.63) is 0 Å². The fourth-order valence-corrected chi connectivity index (χ4v) is 4.97. The summed E-state index contributed by atoms with van der Waals surface area (Å²) in [6, 6.07) is -2.09. The normalized spacial score (nSPS) is 15.5. The molecule has 0 aromatic heterocycles. The molecule has 0 aliphatic carbocycles. The second-order valence-corrected chi connectivity index (χ2v) is 13.3. The van der Waals surface area contributed by atoms with Crippen LogP contribution in [0.1, 0.15) is 88.0 Å². The molecule has 0 saturated heterocycles. The van der Waals surface area contributed by atoms with Gasteiger partial charge in [-0.25, -0.2) is 8.78 Å². The number of halogens is 2. The summed E-state index contributed by atoms with van der Waals surface area (Å²) in [6.07, 6.45) is -0.0679. The van der Waals surface area contributed by atoms with E-state index in [2.05, 4.69) is 21.3 Å². The second kappa shape index (κ2) is 20.7. The van der Waals surface area contributed by atoms with Crippen molar-refractivity contribution in [3.8, 4) is 0 Å². The van der Waals surface area contributed by atoms with E-state index in [1.165, 1.54) is 21.1 Å². The lowest BCUT2D eigenvalue weighted by atomic mass is 9.77. The Kier molecular flexibility index (Phi) is 19.6. The average molecular weight is 651 g/mol. The quantitative estimate of drug-likeness (QED) is 0.0977. The molecular weight excluding hydrogens is 590 g/mol. The van der Waals surface area contributed by atoms with E-state index < -0.39 is 60.5 Å². The Hall–Kier alpha value is -2.38. The van der Waals surface area contributed by atoms with Gasteiger partial charge in [0.05, 0.1) is 19.1 Å². The lowest BCUT2D eigenvalue weighted by molar-refractivity contribution is -0.256. The van der Waals surface area contributed by atoms with Gasteiger partial charge in [-0.15, -0.1) is 0 Å². The summed E-state index contributed by atoms with van der Waals surface area (Å²) < 4.78 is 49.5. The molecule has 0 heterocycles. The van der Waals surface area contributed by atoms with E-state index in [0.717, 1.165) is 0 Å². The Labute approximate surface area is 269 Å². The first kappa shape index (κ1) is 42.6. The highest BCUT2D eigenvalue weighted by molar-refractivity contribution is 5.94. The molecule has 4 atom stereocenters. The minimum absolute atomic E-state index is 0.00597. The van der Waals surface area contributed by atoms with E-state index in [9.17, 15) is 19.2 Å². The summed E-state index contributed by atoms with van der Waals surface area (Å²) in [4.78, 5) is 52.7. The van der Waals surface area contributed by atoms with Crippen LogP contribution < -0.4 is 21.3 Å². The lowest BCUT2D eigenvalue weighted by Crippen LogP contribution is -2.67. The van der Waals surface area contributed by atoms with Crippen LogP contribution >= 0.6 is 0 Å². The van der Waals surface area contributed by atoms with Crippen LogP contribution in [0.15, 0.2) is 0 Å². The Bertz CT molecular complexity index is 918. The van der Waals surface area contributed by atoms with Gasteiger partial charge < -0.3 is 35.5 Å². The summed E-state index contributed by atoms with van der Waals surface area (Å²) in [5.74, 6) is -8.68. The zero-order chi connectivity index (χ0) is 35.0. The lowest BCUT2D eigenvalue weighted by Gasteiger charge is -2.43. The van der Waals surface area contributed by atoms with Crippen LogP contribution in [0, 0.1) is 29.6 Å². The molecule has 0 fully saturated rings. The SMILES string of the molecule is CNC(=O)C(OCOCCOC)(C(C)C(=O)NCCC(C)C)C(F)(F)CC(CC(C)C)NC(=O)[C@@H](NC(=O)CC(C)C)C(C)C. The molecule has 3 unspecified atom stereocenters. The first-order valence-corrected chi connectivity index (χ1v) is 16.0. The van der Waals surface area contributed by atoms with Gasteiger partial charge in [-0.05, 0) is 36.5 Å². The van der Waals surface area contributed by atoms with E-state index >= 15 is 8.78 Å². The van der Waals surface area contributed by atoms with Gasteiger partial charge >= 0.3 is 0 Å². The number of carbonyl (C=O) groups excluding carboxylic acids is 4. The molecule has 0 aromatic rings. The second-order valence-electron chi connectivity index (χ2n) is 13.3. The van der Waals surface area contributed by atoms with E-state index in [-0.39, 0.29) is 62.2 Å². The molecule has 13 heteroatoms. The van der Waals surface area contributed by atoms with Crippen LogP contribution in [0.4, 0.5) is 8.78 Å². The molecule has 11 nitrogen and oxygen atoms in total. The van der Waals surface area contributed by atoms with E-state index in [0.29, 0.717) is 6.42 Å². The van der Waals surface area contributed by atoms with E-state index in [1.807, 2.05) is 41.5 Å². The average Bonchev–Trinajstić information content (AvgIpc) is 2.91. The monoisotopic (exact) mass is 650 g/mol. The van der Waals surface area contributed by atoms with Crippen molar-refractivity contribution in [1.82, 2.24) is 21.3 Å². The number of methoxy groups -OCH3 is 1. The highest BCUT2D eigenvalue weighted by Crippen LogP contribution is 2.43. The van der Waals surface area contributed by atoms with Gasteiger partial charge in [-0.2, -0.15) is 0 Å². The molecule has 4 N–H and O–H groups in total. The molecule has 45 heavy (non-hydrogen) atoms. The van der Waals surface area contributed by atoms with Crippen LogP contribution in [0.3, 0.4) is 0 Å². The third-order valence-electron chi connectivity index (χ3n) is 7.40. The molecule has 264 valence electrons. The molecular formula is C32H60F2N4O7. The third kappa shape index (κ3) is 14.3. The maximum atomic E-state index is 16.8. The standard InChI is InChI=1S/C32H60F2N4O7/c1-20(2)12-13-36-28(40)24(9)32(30(42)35-10,45-19-44-15-14-43-11)31(33,34)18-25(16-21(3)4)37-29(41)27(23(7)8)38-26(39)17-22(5)6/h20-25,27H,12-19H2,1-11H3,(H,35,42)(H,36,40)(H,37,41)(H,38,39)/t24?,25?,27-,32?/m0/s1. The van der Waals surface area contributed by atoms with Gasteiger partial charge in [0.2, 0.25) is 23.3 Å². The van der Waals surface area contributed by atoms with Crippen LogP contribution in [-0.2, 0) is 33.4 Å². The molecule has 0 aliphatic rings. The molecule has 0 aliphatic heterocycles. The highest BCUT2D eigenvalue weighted by Gasteiger charge is 2.65. The summed E-state index contributed by atoms with van der Waals surface area (Å²) in [7, 11) is 2.63. The molecule has 0 spiro atoms. The van der Waals surface area contributed by atoms with Crippen molar-refractivity contribution >= 4 is 23.6 Å². The maximum absolute atomic E-state index is 16.8. The Balaban J connectivity index is 6.57. The maximum Gasteiger partial charge on any atom is 0.288 e. The molecule has 0 radical (unpaired) electrons. The number of hydrogen-bond donors (Lipinski definition) is 4. The minimum Gasteiger partial charge on any atom is -0.382 e. The summed E-state index contributed by atoms with van der Waals surface area (Å²) in [5.41, 5.74) is -2.99. The van der Waals surface area contributed by atoms with Gasteiger partial charge in [-0.1, -0.05) is 62.3 Å². The first-order chi connectivity index (χ1) is 20.9. The van der Waals surface area contributed by atoms with Crippen LogP contribution in [-0.4, -0.2) is 87.9 Å². The summed E-state index contributed by atoms with van der Waals surface area (Å²) in [5, 5.41) is 10.3. The highest BCUT2D eigenvalue weighted by atomic mass is 19.3. The van der Waals surface area contributed by atoms with Crippen molar-refractivity contribution in [2.24, 2.45) is 29.6 Å². The van der Waals surface area contributed by atoms with E-state index in [1.54, 1.807) is 13.8 Å². The Morgan fingerprint density at radius 2 is 1.44 bits per heavy atom. The van der Waals surface area contributed by atoms with Crippen LogP contribution in [0.5, 0.6) is 0 Å². The fourth-order valence-electron chi connectivity index (χ4n) is 4.97. The smallest absolute Gasteiger partial charge is 0.288 e. The van der Waals surface area contributed by atoms with Gasteiger partial charge in [0.15, 0.2) is 0 Å². The first-order valence-electron chi connectivity index (χ1n) is 16.0. The molecule has 0 bridgehead atoms. The zero-order valence-corrected chi connectivity index (χ0v) is 29.3. The van der Waals surface area contributed by atoms with Crippen LogP contribution in [0.25, 0.3) is 0 Å². The number of rotatable bonds is 23. The Morgan fingerprint density at radius 1 is 0.822 bits per heavy atom. The van der Waals surface area contributed by atoms with Gasteiger partial charge in [0, 0.05) is 39.6 Å². The topological polar surface area (TPSA) is 144 Å². The largest absolute Gasteiger partial charge is 0.382 e. The van der Waals surface area contributed by atoms with Crippen molar-refractivity contribution in [3.63, 3.8) is 0 Å². The van der Waals surface area contributed by atoms with Gasteiger partial charge in [0.1, 0.15) is 12.8 Å². The molecule has 4 amide bonds. The number of nitrogens with one attached hydrogen (secondary N) is 4. The predicted molar refractivity (Wildman–Crippen MR) is 169 cm³/mol. The zero-order valence-electron chi connectivity index (χ0n) is 29.3. The number of hydrogen-bond acceptors (Lipinski definition) is 7. The van der Waals surface area contributed by atoms with Crippen molar-refractivity contribution in [1.29, 1.82) is 0 Å². The van der Waals surface area contributed by atoms with Gasteiger partial charge in [0.25, 0.3) is 11.8 Å². The molecule has 0 saturated carbocycles. The van der Waals surface area contributed by atoms with Crippen LogP contribution in [0.2, 0.25) is 0 Å². The van der Waals surface area contributed by atoms with E-state index in [4.69, 9.17) is 14.2 Å². The number of amides is 4. The summed E-state index contributed by atoms with van der Waals surface area (Å²) >= 11 is 0. The van der Waals surface area contributed by atoms with Gasteiger partial charge in [-0.3, -0.25) is 19.2 Å². The number of likely N-dealkylation sites (N-methyl/N-ethyl adjacent to an activating group) is 1. The number of ether oxygens (including phenoxy) is 3. The Morgan fingerprint density at radius 3 is 1.93 bits per heavy atom. The number of carbonyl (C=O) groups is 4. The van der Waals surface area contributed by atoms with Crippen molar-refractivity contribution in [2.75, 3.05) is 40.7 Å². The number of alkyl halides is 2. The minimum atomic E-state index is -3.98. The fraction of sp³-hybridized carbons (Fsp3) is 0.875. The third-order valence-corrected chi connectivity index (χ3v) is 7.40. The molecule has 0 rings (SSSR count). The molecule has 0 aromatic carbocycles.